The summed E-state index contributed by atoms with van der Waals surface area (Å²) < 4.78 is 14.3. The molecule has 0 fully saturated rings. The first-order valence-electron chi connectivity index (χ1n) is 6.06. The van der Waals surface area contributed by atoms with Gasteiger partial charge in [-0.2, -0.15) is 0 Å². The Kier molecular flexibility index (Phi) is 5.42. The van der Waals surface area contributed by atoms with Gasteiger partial charge in [0.15, 0.2) is 0 Å². The van der Waals surface area contributed by atoms with Crippen LogP contribution in [-0.4, -0.2) is 34.9 Å². The molecule has 2 radical (unpaired) electrons. The molecule has 0 N–H and O–H groups in total. The molecule has 1 aromatic carbocycles. The van der Waals surface area contributed by atoms with Crippen LogP contribution in [0.1, 0.15) is 11.1 Å². The molecule has 1 aromatic rings. The molecule has 0 saturated carbocycles. The number of halogens is 2. The maximum Gasteiger partial charge on any atom is 0.322 e. The minimum atomic E-state index is -0.668. The lowest BCUT2D eigenvalue weighted by Gasteiger charge is -2.36. The van der Waals surface area contributed by atoms with Crippen molar-refractivity contribution in [3.63, 3.8) is 0 Å². The number of hydrogen-bond donors (Lipinski definition) is 0. The van der Waals surface area contributed by atoms with Gasteiger partial charge in [-0.1, -0.05) is 6.07 Å². The van der Waals surface area contributed by atoms with Crippen molar-refractivity contribution in [1.29, 1.82) is 0 Å². The molecule has 0 bridgehead atoms. The molecule has 0 aromatic heterocycles. The summed E-state index contributed by atoms with van der Waals surface area (Å²) in [6.07, 6.45) is 0. The average Bonchev–Trinajstić information content (AvgIpc) is 2.45. The highest BCUT2D eigenvalue weighted by Crippen LogP contribution is 2.49. The van der Waals surface area contributed by atoms with Crippen LogP contribution >= 0.6 is 59.1 Å². The fourth-order valence-electron chi connectivity index (χ4n) is 2.31. The second-order valence-corrected chi connectivity index (χ2v) is 12.0. The molecular weight excluding hydrogens is 518 g/mol. The lowest BCUT2D eigenvalue weighted by atomic mass is 10.0. The molecule has 2 heterocycles. The summed E-state index contributed by atoms with van der Waals surface area (Å²) in [4.78, 5) is 2.26. The quantitative estimate of drug-likeness (QED) is 0.334. The average molecular weight is 530 g/mol. The summed E-state index contributed by atoms with van der Waals surface area (Å²) in [5.74, 6) is 1.91. The number of benzene rings is 1. The van der Waals surface area contributed by atoms with Crippen molar-refractivity contribution in [2.75, 3.05) is 13.5 Å². The van der Waals surface area contributed by atoms with E-state index in [1.54, 1.807) is 0 Å². The van der Waals surface area contributed by atoms with Gasteiger partial charge in [-0.15, -0.1) is 31.5 Å². The summed E-state index contributed by atoms with van der Waals surface area (Å²) in [6, 6.07) is 4.16. The van der Waals surface area contributed by atoms with Crippen molar-refractivity contribution >= 4 is 71.1 Å². The highest BCUT2D eigenvalue weighted by atomic mass is 127. The zero-order valence-corrected chi connectivity index (χ0v) is 17.0. The first kappa shape index (κ1) is 16.1. The third-order valence-electron chi connectivity index (χ3n) is 3.38. The van der Waals surface area contributed by atoms with Crippen LogP contribution in [0.15, 0.2) is 12.1 Å². The molecule has 3 rings (SSSR count). The third kappa shape index (κ3) is 3.25. The Balaban J connectivity index is 1.90. The van der Waals surface area contributed by atoms with Crippen LogP contribution in [0.5, 0.6) is 11.5 Å². The molecule has 2 aliphatic rings. The monoisotopic (exact) mass is 530 g/mol. The van der Waals surface area contributed by atoms with E-state index in [1.807, 2.05) is 0 Å². The summed E-state index contributed by atoms with van der Waals surface area (Å²) in [6.45, 7) is 2.88. The smallest absolute Gasteiger partial charge is 0.322 e. The van der Waals surface area contributed by atoms with E-state index in [-0.39, 0.29) is 0 Å². The number of nitrogens with zero attached hydrogens (tertiary/aromatic N) is 2. The summed E-state index contributed by atoms with van der Waals surface area (Å²) in [7, 11) is 8.81. The van der Waals surface area contributed by atoms with Crippen LogP contribution in [0.25, 0.3) is 0 Å². The normalized spacial score (nSPS) is 20.4. The van der Waals surface area contributed by atoms with Gasteiger partial charge < -0.3 is 9.47 Å². The number of hydrogen-bond acceptors (Lipinski definition) is 4. The minimum absolute atomic E-state index is 0.371. The van der Waals surface area contributed by atoms with Crippen LogP contribution < -0.4 is 9.47 Å². The fraction of sp³-hybridized carbons (Fsp3) is 0.400. The van der Waals surface area contributed by atoms with Crippen molar-refractivity contribution < 1.29 is 9.47 Å². The van der Waals surface area contributed by atoms with Crippen molar-refractivity contribution in [3.05, 3.63) is 23.3 Å². The Bertz CT molecular complexity index is 524. The number of rotatable bonds is 2. The first-order chi connectivity index (χ1) is 9.56. The molecule has 0 spiro atoms. The Labute approximate surface area is 150 Å². The molecule has 0 saturated heterocycles. The van der Waals surface area contributed by atoms with Crippen molar-refractivity contribution in [3.8, 4) is 11.5 Å². The van der Waals surface area contributed by atoms with Gasteiger partial charge in [-0.05, 0) is 33.7 Å². The van der Waals surface area contributed by atoms with E-state index in [0.717, 1.165) is 30.2 Å². The molecule has 0 aliphatic carbocycles. The Morgan fingerprint density at radius 1 is 1.30 bits per heavy atom. The van der Waals surface area contributed by atoms with Gasteiger partial charge in [0.2, 0.25) is 0 Å². The lowest BCUT2D eigenvalue weighted by molar-refractivity contribution is 0.149. The molecule has 2 atom stereocenters. The molecule has 2 unspecified atom stereocenters. The van der Waals surface area contributed by atoms with Gasteiger partial charge in [-0.25, -0.2) is 4.67 Å². The molecule has 20 heavy (non-hydrogen) atoms. The van der Waals surface area contributed by atoms with Gasteiger partial charge in [0.25, 0.3) is 0 Å². The van der Waals surface area contributed by atoms with Gasteiger partial charge >= 0.3 is 4.42 Å². The molecule has 10 heteroatoms. The fourth-order valence-corrected chi connectivity index (χ4v) is 4.14. The molecule has 104 valence electrons. The maximum atomic E-state index is 6.01. The standard InChI is InChI=1S/C10H12B2I2N2O2P2/c11-20(14)16-4-8-9(17-6-16)2-1-7-3-15(12(13)19)5-18-10(7)8/h1-2H,3-6,19H2. The SMILES string of the molecule is [B]P(I)N1COc2ccc3c(c2C1)OCN(B(P)I)C3. The predicted molar refractivity (Wildman–Crippen MR) is 105 cm³/mol. The maximum absolute atomic E-state index is 6.01. The minimum Gasteiger partial charge on any atom is -0.478 e. The predicted octanol–water partition coefficient (Wildman–Crippen LogP) is 3.12. The van der Waals surface area contributed by atoms with E-state index < -0.39 is 5.59 Å². The van der Waals surface area contributed by atoms with Gasteiger partial charge in [0.05, 0.1) is 5.56 Å². The molecule has 2 aliphatic heterocycles. The summed E-state index contributed by atoms with van der Waals surface area (Å²) in [5, 5.41) is 0. The third-order valence-corrected chi connectivity index (χ3v) is 7.21. The largest absolute Gasteiger partial charge is 0.478 e. The summed E-state index contributed by atoms with van der Waals surface area (Å²) in [5.41, 5.74) is 1.69. The van der Waals surface area contributed by atoms with Crippen LogP contribution in [0, 0.1) is 0 Å². The lowest BCUT2D eigenvalue weighted by Crippen LogP contribution is -2.38. The topological polar surface area (TPSA) is 24.9 Å². The van der Waals surface area contributed by atoms with Crippen LogP contribution in [0.3, 0.4) is 0 Å². The highest BCUT2D eigenvalue weighted by Gasteiger charge is 2.29. The highest BCUT2D eigenvalue weighted by molar-refractivity contribution is 14.2. The van der Waals surface area contributed by atoms with E-state index in [2.05, 4.69) is 75.1 Å². The Morgan fingerprint density at radius 3 is 2.80 bits per heavy atom. The van der Waals surface area contributed by atoms with Crippen LogP contribution in [0.2, 0.25) is 0 Å². The van der Waals surface area contributed by atoms with Crippen LogP contribution in [-0.2, 0) is 13.1 Å². The second kappa shape index (κ2) is 6.75. The van der Waals surface area contributed by atoms with E-state index >= 15 is 0 Å². The number of ether oxygens (including phenoxy) is 2. The second-order valence-electron chi connectivity index (χ2n) is 4.65. The van der Waals surface area contributed by atoms with Gasteiger partial charge in [-0.3, -0.25) is 4.81 Å². The number of fused-ring (bicyclic) bond motifs is 3. The van der Waals surface area contributed by atoms with E-state index in [9.17, 15) is 0 Å². The zero-order chi connectivity index (χ0) is 14.3. The van der Waals surface area contributed by atoms with Crippen molar-refractivity contribution in [2.24, 2.45) is 0 Å². The van der Waals surface area contributed by atoms with Gasteiger partial charge in [0.1, 0.15) is 32.5 Å². The first-order valence-corrected chi connectivity index (χ1v) is 12.1. The molecule has 4 nitrogen and oxygen atoms in total. The zero-order valence-electron chi connectivity index (χ0n) is 10.6. The van der Waals surface area contributed by atoms with Gasteiger partial charge in [0, 0.05) is 18.7 Å². The summed E-state index contributed by atoms with van der Waals surface area (Å²) >= 11 is 4.64. The Morgan fingerprint density at radius 2 is 2.10 bits per heavy atom. The molecule has 0 amide bonds. The van der Waals surface area contributed by atoms with Crippen molar-refractivity contribution in [1.82, 2.24) is 9.48 Å². The molecular formula is C10H12B2I2N2O2P2. The van der Waals surface area contributed by atoms with E-state index in [4.69, 9.17) is 17.0 Å². The van der Waals surface area contributed by atoms with E-state index in [0.29, 0.717) is 17.9 Å². The Hall–Kier alpha value is 1.19. The van der Waals surface area contributed by atoms with Crippen molar-refractivity contribution in [2.45, 2.75) is 13.1 Å². The van der Waals surface area contributed by atoms with E-state index in [1.165, 1.54) is 5.56 Å². The van der Waals surface area contributed by atoms with Crippen LogP contribution in [0.4, 0.5) is 0 Å².